The van der Waals surface area contributed by atoms with E-state index >= 15 is 0 Å². The highest BCUT2D eigenvalue weighted by Crippen LogP contribution is 2.18. The Kier molecular flexibility index (Phi) is 10.2. The number of hydrogen-bond donors (Lipinski definition) is 1. The van der Waals surface area contributed by atoms with Crippen LogP contribution in [0.3, 0.4) is 0 Å². The van der Waals surface area contributed by atoms with Crippen LogP contribution in [0.1, 0.15) is 29.4 Å². The van der Waals surface area contributed by atoms with Gasteiger partial charge in [0.2, 0.25) is 0 Å². The molecule has 0 atom stereocenters. The molecule has 2 rings (SSSR count). The molecular formula is C17H30IN5O2S. The lowest BCUT2D eigenvalue weighted by molar-refractivity contribution is 0.0915. The van der Waals surface area contributed by atoms with Crippen molar-refractivity contribution in [1.82, 2.24) is 20.1 Å². The fraction of sp³-hybridized carbons (Fsp3) is 0.706. The van der Waals surface area contributed by atoms with Crippen molar-refractivity contribution in [2.24, 2.45) is 4.99 Å². The third-order valence-corrected chi connectivity index (χ3v) is 5.28. The first kappa shape index (κ1) is 22.9. The maximum atomic E-state index is 11.8. The van der Waals surface area contributed by atoms with E-state index in [1.807, 2.05) is 6.92 Å². The van der Waals surface area contributed by atoms with Crippen LogP contribution in [-0.2, 0) is 17.6 Å². The average molecular weight is 495 g/mol. The molecule has 0 radical (unpaired) electrons. The monoisotopic (exact) mass is 495 g/mol. The molecule has 9 heteroatoms. The number of halogens is 1. The van der Waals surface area contributed by atoms with Gasteiger partial charge in [0.15, 0.2) is 5.96 Å². The van der Waals surface area contributed by atoms with Gasteiger partial charge in [0.25, 0.3) is 0 Å². The summed E-state index contributed by atoms with van der Waals surface area (Å²) in [7, 11) is 1.79. The SMILES string of the molecule is CCOC(=O)N1CCN(C(=NC)NCCc2nc(CC)c(C)s2)CC1.I. The van der Waals surface area contributed by atoms with Crippen LogP contribution in [0.15, 0.2) is 4.99 Å². The fourth-order valence-electron chi connectivity index (χ4n) is 2.85. The first-order chi connectivity index (χ1) is 12.1. The Morgan fingerprint density at radius 2 is 1.92 bits per heavy atom. The zero-order valence-electron chi connectivity index (χ0n) is 16.1. The number of rotatable bonds is 5. The van der Waals surface area contributed by atoms with Gasteiger partial charge >= 0.3 is 6.09 Å². The van der Waals surface area contributed by atoms with Crippen molar-refractivity contribution >= 4 is 47.4 Å². The standard InChI is InChI=1S/C17H29N5O2S.HI/c1-5-14-13(3)25-15(20-14)7-8-19-16(18-4)21-9-11-22(12-10-21)17(23)24-6-2;/h5-12H2,1-4H3,(H,18,19);1H. The number of hydrogen-bond acceptors (Lipinski definition) is 5. The van der Waals surface area contributed by atoms with Crippen molar-refractivity contribution in [3.05, 3.63) is 15.6 Å². The second-order valence-electron chi connectivity index (χ2n) is 5.86. The lowest BCUT2D eigenvalue weighted by Crippen LogP contribution is -2.54. The maximum Gasteiger partial charge on any atom is 0.409 e. The Morgan fingerprint density at radius 3 is 2.46 bits per heavy atom. The van der Waals surface area contributed by atoms with Crippen LogP contribution in [-0.4, -0.2) is 73.2 Å². The van der Waals surface area contributed by atoms with Gasteiger partial charge in [-0.2, -0.15) is 0 Å². The minimum Gasteiger partial charge on any atom is -0.450 e. The van der Waals surface area contributed by atoms with E-state index in [0.717, 1.165) is 38.4 Å². The first-order valence-electron chi connectivity index (χ1n) is 8.91. The Bertz CT molecular complexity index is 600. The van der Waals surface area contributed by atoms with Crippen LogP contribution in [0.25, 0.3) is 0 Å². The fourth-order valence-corrected chi connectivity index (χ4v) is 3.87. The van der Waals surface area contributed by atoms with Gasteiger partial charge in [0.05, 0.1) is 17.3 Å². The van der Waals surface area contributed by atoms with Crippen LogP contribution in [0, 0.1) is 6.92 Å². The molecule has 0 bridgehead atoms. The van der Waals surface area contributed by atoms with Crippen LogP contribution in [0.2, 0.25) is 0 Å². The predicted molar refractivity (Wildman–Crippen MR) is 117 cm³/mol. The molecule has 1 aromatic heterocycles. The Balaban J connectivity index is 0.00000338. The van der Waals surface area contributed by atoms with Crippen molar-refractivity contribution < 1.29 is 9.53 Å². The number of carbonyl (C=O) groups is 1. The molecule has 26 heavy (non-hydrogen) atoms. The lowest BCUT2D eigenvalue weighted by atomic mass is 10.3. The third kappa shape index (κ3) is 6.26. The van der Waals surface area contributed by atoms with E-state index in [9.17, 15) is 4.79 Å². The number of nitrogens with one attached hydrogen (secondary N) is 1. The number of carbonyl (C=O) groups excluding carboxylic acids is 1. The molecule has 7 nitrogen and oxygen atoms in total. The summed E-state index contributed by atoms with van der Waals surface area (Å²) in [5.41, 5.74) is 1.21. The van der Waals surface area contributed by atoms with Gasteiger partial charge in [-0.05, 0) is 20.3 Å². The van der Waals surface area contributed by atoms with Gasteiger partial charge in [0.1, 0.15) is 0 Å². The molecule has 1 saturated heterocycles. The maximum absolute atomic E-state index is 11.8. The second-order valence-corrected chi connectivity index (χ2v) is 7.15. The molecule has 0 aliphatic carbocycles. The van der Waals surface area contributed by atoms with Gasteiger partial charge in [-0.25, -0.2) is 9.78 Å². The summed E-state index contributed by atoms with van der Waals surface area (Å²) in [4.78, 5) is 26.1. The van der Waals surface area contributed by atoms with E-state index in [1.54, 1.807) is 23.3 Å². The van der Waals surface area contributed by atoms with Crippen molar-refractivity contribution in [3.63, 3.8) is 0 Å². The predicted octanol–water partition coefficient (Wildman–Crippen LogP) is 2.52. The molecule has 0 aromatic carbocycles. The van der Waals surface area contributed by atoms with Crippen LogP contribution in [0.5, 0.6) is 0 Å². The third-order valence-electron chi connectivity index (χ3n) is 4.21. The summed E-state index contributed by atoms with van der Waals surface area (Å²) in [5.74, 6) is 0.882. The van der Waals surface area contributed by atoms with Gasteiger partial charge in [0, 0.05) is 51.1 Å². The summed E-state index contributed by atoms with van der Waals surface area (Å²) in [5, 5.41) is 4.58. The molecular weight excluding hydrogens is 465 g/mol. The molecule has 0 unspecified atom stereocenters. The van der Waals surface area contributed by atoms with Crippen molar-refractivity contribution in [3.8, 4) is 0 Å². The Labute approximate surface area is 177 Å². The molecule has 1 amide bonds. The highest BCUT2D eigenvalue weighted by atomic mass is 127. The number of piperazine rings is 1. The van der Waals surface area contributed by atoms with E-state index in [0.29, 0.717) is 19.7 Å². The first-order valence-corrected chi connectivity index (χ1v) is 9.73. The number of aliphatic imine (C=N–C) groups is 1. The summed E-state index contributed by atoms with van der Waals surface area (Å²) in [6.07, 6.45) is 1.66. The summed E-state index contributed by atoms with van der Waals surface area (Å²) in [6, 6.07) is 0. The second kappa shape index (κ2) is 11.6. The van der Waals surface area contributed by atoms with E-state index in [-0.39, 0.29) is 30.1 Å². The molecule has 0 saturated carbocycles. The summed E-state index contributed by atoms with van der Waals surface area (Å²) < 4.78 is 5.05. The number of aryl methyl sites for hydroxylation is 2. The number of thiazole rings is 1. The molecule has 1 aliphatic heterocycles. The minimum atomic E-state index is -0.226. The molecule has 1 fully saturated rings. The normalized spacial score (nSPS) is 14.8. The zero-order chi connectivity index (χ0) is 18.2. The lowest BCUT2D eigenvalue weighted by Gasteiger charge is -2.35. The van der Waals surface area contributed by atoms with Crippen LogP contribution < -0.4 is 5.32 Å². The van der Waals surface area contributed by atoms with Gasteiger partial charge < -0.3 is 19.9 Å². The average Bonchev–Trinajstić information content (AvgIpc) is 2.99. The smallest absolute Gasteiger partial charge is 0.409 e. The highest BCUT2D eigenvalue weighted by molar-refractivity contribution is 14.0. The quantitative estimate of drug-likeness (QED) is 0.386. The number of nitrogens with zero attached hydrogens (tertiary/aromatic N) is 4. The number of amides is 1. The van der Waals surface area contributed by atoms with Crippen molar-refractivity contribution in [2.45, 2.75) is 33.6 Å². The van der Waals surface area contributed by atoms with Gasteiger partial charge in [-0.3, -0.25) is 4.99 Å². The largest absolute Gasteiger partial charge is 0.450 e. The van der Waals surface area contributed by atoms with E-state index in [2.05, 4.69) is 34.0 Å². The van der Waals surface area contributed by atoms with Crippen molar-refractivity contribution in [2.75, 3.05) is 46.4 Å². The van der Waals surface area contributed by atoms with E-state index < -0.39 is 0 Å². The summed E-state index contributed by atoms with van der Waals surface area (Å²) >= 11 is 1.78. The molecule has 148 valence electrons. The van der Waals surface area contributed by atoms with Crippen molar-refractivity contribution in [1.29, 1.82) is 0 Å². The zero-order valence-corrected chi connectivity index (χ0v) is 19.2. The van der Waals surface area contributed by atoms with Gasteiger partial charge in [-0.15, -0.1) is 35.3 Å². The van der Waals surface area contributed by atoms with E-state index in [1.165, 1.54) is 15.6 Å². The molecule has 2 heterocycles. The van der Waals surface area contributed by atoms with Crippen LogP contribution >= 0.6 is 35.3 Å². The molecule has 1 aliphatic rings. The van der Waals surface area contributed by atoms with E-state index in [4.69, 9.17) is 4.74 Å². The Hall–Kier alpha value is -1.10. The molecule has 0 spiro atoms. The Morgan fingerprint density at radius 1 is 1.27 bits per heavy atom. The molecule has 1 aromatic rings. The number of ether oxygens (including phenoxy) is 1. The topological polar surface area (TPSA) is 70.1 Å². The number of aromatic nitrogens is 1. The van der Waals surface area contributed by atoms with Gasteiger partial charge in [-0.1, -0.05) is 6.92 Å². The van der Waals surface area contributed by atoms with Crippen LogP contribution in [0.4, 0.5) is 4.79 Å². The molecule has 1 N–H and O–H groups in total. The minimum absolute atomic E-state index is 0. The summed E-state index contributed by atoms with van der Waals surface area (Å²) in [6.45, 7) is 10.2. The highest BCUT2D eigenvalue weighted by Gasteiger charge is 2.23. The number of guanidine groups is 1.